The van der Waals surface area contributed by atoms with Crippen molar-refractivity contribution in [3.8, 4) is 0 Å². The Balaban J connectivity index is 1.92. The van der Waals surface area contributed by atoms with Crippen molar-refractivity contribution < 1.29 is 22.8 Å². The number of carbonyl (C=O) groups excluding carboxylic acids is 2. The summed E-state index contributed by atoms with van der Waals surface area (Å²) >= 11 is 0. The molecule has 0 spiro atoms. The van der Waals surface area contributed by atoms with Gasteiger partial charge < -0.3 is 0 Å². The summed E-state index contributed by atoms with van der Waals surface area (Å²) < 4.78 is 39.5. The molecule has 1 aliphatic carbocycles. The highest BCUT2D eigenvalue weighted by molar-refractivity contribution is 6.09. The second-order valence-electron chi connectivity index (χ2n) is 5.28. The molecule has 2 amide bonds. The molecule has 0 aromatic heterocycles. The van der Waals surface area contributed by atoms with Gasteiger partial charge >= 0.3 is 6.18 Å². The number of fused-ring (bicyclic) bond motifs is 1. The predicted molar refractivity (Wildman–Crippen MR) is 63.2 cm³/mol. The van der Waals surface area contributed by atoms with Crippen LogP contribution in [0.15, 0.2) is 30.3 Å². The van der Waals surface area contributed by atoms with Gasteiger partial charge in [-0.05, 0) is 18.4 Å². The predicted octanol–water partition coefficient (Wildman–Crippen LogP) is 2.51. The van der Waals surface area contributed by atoms with Gasteiger partial charge in [0.15, 0.2) is 5.41 Å². The van der Waals surface area contributed by atoms with Crippen LogP contribution in [0.3, 0.4) is 0 Å². The fourth-order valence-electron chi connectivity index (χ4n) is 3.07. The van der Waals surface area contributed by atoms with E-state index in [0.717, 1.165) is 4.90 Å². The fourth-order valence-corrected chi connectivity index (χ4v) is 3.07. The Hall–Kier alpha value is -1.85. The van der Waals surface area contributed by atoms with Crippen molar-refractivity contribution in [1.82, 2.24) is 4.90 Å². The molecule has 0 bridgehead atoms. The number of hydrogen-bond acceptors (Lipinski definition) is 2. The van der Waals surface area contributed by atoms with E-state index in [1.165, 1.54) is 0 Å². The van der Waals surface area contributed by atoms with E-state index in [1.807, 2.05) is 0 Å². The highest BCUT2D eigenvalue weighted by Gasteiger charge is 2.76. The largest absolute Gasteiger partial charge is 0.403 e. The lowest BCUT2D eigenvalue weighted by Gasteiger charge is -2.41. The molecule has 6 heteroatoms. The molecule has 2 fully saturated rings. The molecule has 0 radical (unpaired) electrons. The monoisotopic (exact) mass is 283 g/mol. The van der Waals surface area contributed by atoms with Gasteiger partial charge in [-0.2, -0.15) is 13.2 Å². The average molecular weight is 283 g/mol. The smallest absolute Gasteiger partial charge is 0.277 e. The van der Waals surface area contributed by atoms with Crippen molar-refractivity contribution in [3.63, 3.8) is 0 Å². The third-order valence-electron chi connectivity index (χ3n) is 4.30. The minimum atomic E-state index is -4.66. The van der Waals surface area contributed by atoms with Gasteiger partial charge in [0.25, 0.3) is 0 Å². The molecule has 1 heterocycles. The Bertz CT molecular complexity index is 570. The number of benzene rings is 1. The molecule has 1 saturated heterocycles. The molecule has 2 aliphatic rings. The van der Waals surface area contributed by atoms with Crippen molar-refractivity contribution in [2.45, 2.75) is 25.6 Å². The fraction of sp³-hybridized carbons (Fsp3) is 0.429. The molecule has 1 aromatic carbocycles. The molecule has 1 saturated carbocycles. The van der Waals surface area contributed by atoms with Crippen molar-refractivity contribution in [3.05, 3.63) is 35.9 Å². The van der Waals surface area contributed by atoms with Crippen LogP contribution in [0.2, 0.25) is 0 Å². The first-order valence-corrected chi connectivity index (χ1v) is 6.34. The maximum Gasteiger partial charge on any atom is 0.403 e. The number of nitrogens with zero attached hydrogens (tertiary/aromatic N) is 1. The first-order valence-electron chi connectivity index (χ1n) is 6.34. The normalized spacial score (nSPS) is 29.4. The lowest BCUT2D eigenvalue weighted by Crippen LogP contribution is -2.54. The zero-order valence-corrected chi connectivity index (χ0v) is 10.5. The van der Waals surface area contributed by atoms with Gasteiger partial charge in [0, 0.05) is 0 Å². The van der Waals surface area contributed by atoms with Crippen molar-refractivity contribution in [2.24, 2.45) is 11.3 Å². The SMILES string of the molecule is O=C1C2CCC2(C(F)(F)F)C(=O)N1Cc1ccccc1. The Labute approximate surface area is 113 Å². The van der Waals surface area contributed by atoms with Crippen molar-refractivity contribution in [1.29, 1.82) is 0 Å². The number of hydrogen-bond donors (Lipinski definition) is 0. The number of alkyl halides is 3. The Kier molecular flexibility index (Phi) is 2.68. The maximum atomic E-state index is 13.2. The van der Waals surface area contributed by atoms with Gasteiger partial charge in [0.1, 0.15) is 0 Å². The van der Waals surface area contributed by atoms with E-state index in [4.69, 9.17) is 0 Å². The van der Waals surface area contributed by atoms with Crippen LogP contribution in [0.25, 0.3) is 0 Å². The van der Waals surface area contributed by atoms with E-state index in [-0.39, 0.29) is 19.4 Å². The molecular formula is C14H12F3NO2. The van der Waals surface area contributed by atoms with E-state index in [1.54, 1.807) is 30.3 Å². The number of likely N-dealkylation sites (tertiary alicyclic amines) is 1. The zero-order valence-electron chi connectivity index (χ0n) is 10.5. The van der Waals surface area contributed by atoms with Crippen LogP contribution in [-0.2, 0) is 16.1 Å². The van der Waals surface area contributed by atoms with Crippen LogP contribution in [0, 0.1) is 11.3 Å². The summed E-state index contributed by atoms with van der Waals surface area (Å²) in [4.78, 5) is 24.9. The highest BCUT2D eigenvalue weighted by atomic mass is 19.4. The number of rotatable bonds is 2. The first kappa shape index (κ1) is 13.1. The Morgan fingerprint density at radius 3 is 2.30 bits per heavy atom. The third kappa shape index (κ3) is 1.53. The van der Waals surface area contributed by atoms with E-state index < -0.39 is 29.3 Å². The van der Waals surface area contributed by atoms with Crippen molar-refractivity contribution >= 4 is 11.8 Å². The summed E-state index contributed by atoms with van der Waals surface area (Å²) in [6, 6.07) is 8.56. The average Bonchev–Trinajstić information content (AvgIpc) is 2.47. The number of carbonyl (C=O) groups is 2. The third-order valence-corrected chi connectivity index (χ3v) is 4.30. The summed E-state index contributed by atoms with van der Waals surface area (Å²) in [5.74, 6) is -3.00. The van der Waals surface area contributed by atoms with E-state index in [9.17, 15) is 22.8 Å². The van der Waals surface area contributed by atoms with Crippen LogP contribution in [0.5, 0.6) is 0 Å². The van der Waals surface area contributed by atoms with Crippen LogP contribution >= 0.6 is 0 Å². The summed E-state index contributed by atoms with van der Waals surface area (Å²) in [5, 5.41) is 0. The zero-order chi connectivity index (χ0) is 14.5. The Morgan fingerprint density at radius 2 is 1.85 bits per heavy atom. The van der Waals surface area contributed by atoms with Crippen LogP contribution in [0.4, 0.5) is 13.2 Å². The summed E-state index contributed by atoms with van der Waals surface area (Å²) in [5.41, 5.74) is -1.81. The lowest BCUT2D eigenvalue weighted by atomic mass is 9.61. The molecule has 106 valence electrons. The van der Waals surface area contributed by atoms with E-state index in [2.05, 4.69) is 0 Å². The van der Waals surface area contributed by atoms with Gasteiger partial charge in [0.2, 0.25) is 11.8 Å². The standard InChI is InChI=1S/C14H12F3NO2/c15-14(16,17)13-7-6-10(13)11(19)18(12(13)20)8-9-4-2-1-3-5-9/h1-5,10H,6-8H2. The second-order valence-corrected chi connectivity index (χ2v) is 5.28. The lowest BCUT2D eigenvalue weighted by molar-refractivity contribution is -0.253. The minimum absolute atomic E-state index is 0.0904. The van der Waals surface area contributed by atoms with Gasteiger partial charge in [-0.25, -0.2) is 0 Å². The number of halogens is 3. The van der Waals surface area contributed by atoms with Crippen LogP contribution < -0.4 is 0 Å². The summed E-state index contributed by atoms with van der Waals surface area (Å²) in [7, 11) is 0. The molecule has 2 atom stereocenters. The van der Waals surface area contributed by atoms with Crippen LogP contribution in [0.1, 0.15) is 18.4 Å². The molecule has 1 aromatic rings. The number of imide groups is 1. The van der Waals surface area contributed by atoms with Gasteiger partial charge in [-0.15, -0.1) is 0 Å². The topological polar surface area (TPSA) is 37.4 Å². The molecule has 0 N–H and O–H groups in total. The molecule has 3 rings (SSSR count). The molecule has 3 nitrogen and oxygen atoms in total. The van der Waals surface area contributed by atoms with E-state index >= 15 is 0 Å². The van der Waals surface area contributed by atoms with Crippen molar-refractivity contribution in [2.75, 3.05) is 0 Å². The van der Waals surface area contributed by atoms with Gasteiger partial charge in [-0.3, -0.25) is 14.5 Å². The van der Waals surface area contributed by atoms with E-state index in [0.29, 0.717) is 5.56 Å². The molecule has 20 heavy (non-hydrogen) atoms. The molecule has 2 unspecified atom stereocenters. The van der Waals surface area contributed by atoms with Gasteiger partial charge in [-0.1, -0.05) is 30.3 Å². The minimum Gasteiger partial charge on any atom is -0.277 e. The molecule has 1 aliphatic heterocycles. The molecular weight excluding hydrogens is 271 g/mol. The quantitative estimate of drug-likeness (QED) is 0.782. The number of amides is 2. The highest BCUT2D eigenvalue weighted by Crippen LogP contribution is 2.61. The summed E-state index contributed by atoms with van der Waals surface area (Å²) in [6.45, 7) is -0.0904. The second kappa shape index (κ2) is 4.07. The van der Waals surface area contributed by atoms with Crippen LogP contribution in [-0.4, -0.2) is 22.9 Å². The first-order chi connectivity index (χ1) is 9.38. The summed E-state index contributed by atoms with van der Waals surface area (Å²) in [6.07, 6.45) is -4.81. The maximum absolute atomic E-state index is 13.2. The Morgan fingerprint density at radius 1 is 1.20 bits per heavy atom. The van der Waals surface area contributed by atoms with Gasteiger partial charge in [0.05, 0.1) is 12.5 Å².